The van der Waals surface area contributed by atoms with Crippen LogP contribution in [0, 0.1) is 5.92 Å². The Morgan fingerprint density at radius 3 is 2.58 bits per heavy atom. The van der Waals surface area contributed by atoms with Gasteiger partial charge in [0.1, 0.15) is 4.88 Å². The lowest BCUT2D eigenvalue weighted by Gasteiger charge is -2.21. The molecule has 0 spiro atoms. The number of benzene rings is 1. The summed E-state index contributed by atoms with van der Waals surface area (Å²) < 4.78 is 0.949. The Labute approximate surface area is 165 Å². The van der Waals surface area contributed by atoms with E-state index in [4.69, 9.17) is 11.6 Å². The molecule has 0 saturated carbocycles. The molecule has 0 fully saturated rings. The van der Waals surface area contributed by atoms with E-state index in [1.807, 2.05) is 41.8 Å². The largest absolute Gasteiger partial charge is 0.347 e. The summed E-state index contributed by atoms with van der Waals surface area (Å²) in [6.45, 7) is 4.03. The second kappa shape index (κ2) is 8.20. The highest BCUT2D eigenvalue weighted by atomic mass is 35.5. The highest BCUT2D eigenvalue weighted by Crippen LogP contribution is 2.35. The van der Waals surface area contributed by atoms with Crippen LogP contribution in [0.3, 0.4) is 0 Å². The van der Waals surface area contributed by atoms with Crippen LogP contribution < -0.4 is 10.6 Å². The van der Waals surface area contributed by atoms with E-state index in [0.29, 0.717) is 9.90 Å². The van der Waals surface area contributed by atoms with Gasteiger partial charge in [-0.05, 0) is 23.4 Å². The van der Waals surface area contributed by atoms with Gasteiger partial charge in [-0.3, -0.25) is 9.59 Å². The van der Waals surface area contributed by atoms with Crippen molar-refractivity contribution >= 4 is 56.2 Å². The van der Waals surface area contributed by atoms with E-state index in [2.05, 4.69) is 24.5 Å². The van der Waals surface area contributed by atoms with E-state index in [1.54, 1.807) is 11.3 Å². The highest BCUT2D eigenvalue weighted by molar-refractivity contribution is 7.21. The van der Waals surface area contributed by atoms with Crippen molar-refractivity contribution in [2.45, 2.75) is 19.9 Å². The van der Waals surface area contributed by atoms with Gasteiger partial charge >= 0.3 is 0 Å². The number of hydrogen-bond donors (Lipinski definition) is 2. The minimum atomic E-state index is -0.330. The highest BCUT2D eigenvalue weighted by Gasteiger charge is 2.21. The van der Waals surface area contributed by atoms with Crippen molar-refractivity contribution < 1.29 is 9.59 Å². The molecule has 0 aliphatic rings. The molecule has 26 heavy (non-hydrogen) atoms. The summed E-state index contributed by atoms with van der Waals surface area (Å²) in [5.41, 5.74) is 0. The van der Waals surface area contributed by atoms with E-state index >= 15 is 0 Å². The molecule has 0 radical (unpaired) electrons. The molecule has 136 valence electrons. The van der Waals surface area contributed by atoms with Crippen LogP contribution in [0.2, 0.25) is 5.02 Å². The van der Waals surface area contributed by atoms with Crippen molar-refractivity contribution in [3.63, 3.8) is 0 Å². The van der Waals surface area contributed by atoms with E-state index in [9.17, 15) is 9.59 Å². The molecule has 0 unspecified atom stereocenters. The lowest BCUT2D eigenvalue weighted by Crippen LogP contribution is -2.39. The van der Waals surface area contributed by atoms with E-state index in [0.717, 1.165) is 15.0 Å². The van der Waals surface area contributed by atoms with E-state index in [1.165, 1.54) is 11.3 Å². The average Bonchev–Trinajstić information content (AvgIpc) is 3.26. The van der Waals surface area contributed by atoms with Gasteiger partial charge in [0, 0.05) is 15.0 Å². The maximum Gasteiger partial charge on any atom is 0.263 e. The van der Waals surface area contributed by atoms with Gasteiger partial charge in [0.2, 0.25) is 5.91 Å². The SMILES string of the molecule is CC(C)[C@H](NC(=O)CNC(=O)c1sc2ccccc2c1Cl)c1cccs1. The quantitative estimate of drug-likeness (QED) is 0.614. The second-order valence-electron chi connectivity index (χ2n) is 6.23. The lowest BCUT2D eigenvalue weighted by molar-refractivity contribution is -0.121. The third-order valence-electron chi connectivity index (χ3n) is 3.98. The number of amides is 2. The third kappa shape index (κ3) is 4.09. The monoisotopic (exact) mass is 406 g/mol. The fourth-order valence-electron chi connectivity index (χ4n) is 2.66. The van der Waals surface area contributed by atoms with Crippen LogP contribution in [-0.4, -0.2) is 18.4 Å². The van der Waals surface area contributed by atoms with Gasteiger partial charge in [0.15, 0.2) is 0 Å². The molecule has 0 bridgehead atoms. The van der Waals surface area contributed by atoms with Crippen molar-refractivity contribution in [3.05, 3.63) is 56.6 Å². The van der Waals surface area contributed by atoms with Crippen LogP contribution >= 0.6 is 34.3 Å². The maximum atomic E-state index is 12.4. The molecule has 4 nitrogen and oxygen atoms in total. The molecule has 0 saturated heterocycles. The van der Waals surface area contributed by atoms with Crippen LogP contribution in [0.5, 0.6) is 0 Å². The first-order valence-corrected chi connectivity index (χ1v) is 10.3. The Bertz CT molecular complexity index is 919. The Hall–Kier alpha value is -1.89. The number of rotatable bonds is 6. The van der Waals surface area contributed by atoms with Gasteiger partial charge in [-0.2, -0.15) is 0 Å². The summed E-state index contributed by atoms with van der Waals surface area (Å²) in [5.74, 6) is -0.295. The minimum absolute atomic E-state index is 0.0627. The smallest absolute Gasteiger partial charge is 0.263 e. The first-order chi connectivity index (χ1) is 12.5. The van der Waals surface area contributed by atoms with Crippen LogP contribution in [0.4, 0.5) is 0 Å². The molecule has 7 heteroatoms. The molecule has 0 aliphatic carbocycles. The van der Waals surface area contributed by atoms with Crippen LogP contribution in [0.25, 0.3) is 10.1 Å². The molecule has 1 atom stereocenters. The Morgan fingerprint density at radius 2 is 1.92 bits per heavy atom. The summed E-state index contributed by atoms with van der Waals surface area (Å²) in [5, 5.41) is 8.94. The maximum absolute atomic E-state index is 12.4. The molecule has 2 amide bonds. The summed E-state index contributed by atoms with van der Waals surface area (Å²) in [6, 6.07) is 11.5. The topological polar surface area (TPSA) is 58.2 Å². The zero-order valence-corrected chi connectivity index (χ0v) is 16.8. The van der Waals surface area contributed by atoms with Crippen molar-refractivity contribution in [1.29, 1.82) is 0 Å². The number of carbonyl (C=O) groups is 2. The molecule has 3 rings (SSSR count). The summed E-state index contributed by atoms with van der Waals surface area (Å²) in [7, 11) is 0. The zero-order chi connectivity index (χ0) is 18.7. The number of hydrogen-bond acceptors (Lipinski definition) is 4. The third-order valence-corrected chi connectivity index (χ3v) is 6.61. The van der Waals surface area contributed by atoms with Gasteiger partial charge in [0.25, 0.3) is 5.91 Å². The predicted octanol–water partition coefficient (Wildman–Crippen LogP) is 4.86. The summed E-state index contributed by atoms with van der Waals surface area (Å²) in [6.07, 6.45) is 0. The predicted molar refractivity (Wildman–Crippen MR) is 109 cm³/mol. The van der Waals surface area contributed by atoms with Crippen molar-refractivity contribution in [2.75, 3.05) is 6.54 Å². The molecule has 1 aromatic carbocycles. The van der Waals surface area contributed by atoms with Crippen LogP contribution in [-0.2, 0) is 4.79 Å². The Balaban J connectivity index is 1.63. The molecular weight excluding hydrogens is 388 g/mol. The van der Waals surface area contributed by atoms with Crippen molar-refractivity contribution in [3.8, 4) is 0 Å². The van der Waals surface area contributed by atoms with E-state index in [-0.39, 0.29) is 30.3 Å². The van der Waals surface area contributed by atoms with Crippen LogP contribution in [0.15, 0.2) is 41.8 Å². The first kappa shape index (κ1) is 18.9. The first-order valence-electron chi connectivity index (χ1n) is 8.25. The summed E-state index contributed by atoms with van der Waals surface area (Å²) >= 11 is 9.25. The molecule has 2 N–H and O–H groups in total. The number of fused-ring (bicyclic) bond motifs is 1. The Kier molecular flexibility index (Phi) is 5.96. The fourth-order valence-corrected chi connectivity index (χ4v) is 5.04. The summed E-state index contributed by atoms with van der Waals surface area (Å²) in [4.78, 5) is 26.3. The molecule has 2 aromatic heterocycles. The van der Waals surface area contributed by atoms with Gasteiger partial charge in [-0.25, -0.2) is 0 Å². The number of thiophene rings is 2. The normalized spacial score (nSPS) is 12.3. The van der Waals surface area contributed by atoms with Gasteiger partial charge < -0.3 is 10.6 Å². The average molecular weight is 407 g/mol. The lowest BCUT2D eigenvalue weighted by atomic mass is 10.0. The molecule has 3 aromatic rings. The van der Waals surface area contributed by atoms with Gasteiger partial charge in [-0.15, -0.1) is 22.7 Å². The zero-order valence-electron chi connectivity index (χ0n) is 14.4. The van der Waals surface area contributed by atoms with Crippen molar-refractivity contribution in [1.82, 2.24) is 10.6 Å². The number of halogens is 1. The number of carbonyl (C=O) groups excluding carboxylic acids is 2. The van der Waals surface area contributed by atoms with Gasteiger partial charge in [-0.1, -0.05) is 49.7 Å². The van der Waals surface area contributed by atoms with Crippen molar-refractivity contribution in [2.24, 2.45) is 5.92 Å². The molecular formula is C19H19ClN2O2S2. The standard InChI is InChI=1S/C19H19ClN2O2S2/c1-11(2)17(14-8-5-9-25-14)22-15(23)10-21-19(24)18-16(20)12-6-3-4-7-13(12)26-18/h3-9,11,17H,10H2,1-2H3,(H,21,24)(H,22,23)/t17-/m0/s1. The second-order valence-corrected chi connectivity index (χ2v) is 8.64. The molecule has 0 aliphatic heterocycles. The van der Waals surface area contributed by atoms with E-state index < -0.39 is 0 Å². The van der Waals surface area contributed by atoms with Crippen LogP contribution in [0.1, 0.15) is 34.4 Å². The van der Waals surface area contributed by atoms with Gasteiger partial charge in [0.05, 0.1) is 17.6 Å². The number of nitrogens with one attached hydrogen (secondary N) is 2. The molecule has 2 heterocycles. The Morgan fingerprint density at radius 1 is 1.15 bits per heavy atom. The minimum Gasteiger partial charge on any atom is -0.347 e. The fraction of sp³-hybridized carbons (Fsp3) is 0.263.